The molecular weight excluding hydrogens is 455 g/mol. The van der Waals surface area contributed by atoms with Gasteiger partial charge < -0.3 is 14.4 Å². The van der Waals surface area contributed by atoms with Crippen LogP contribution in [-0.2, 0) is 11.8 Å². The molecule has 2 aromatic carbocycles. The van der Waals surface area contributed by atoms with E-state index in [2.05, 4.69) is 11.0 Å². The van der Waals surface area contributed by atoms with E-state index in [-0.39, 0.29) is 29.9 Å². The molecule has 1 aliphatic carbocycles. The van der Waals surface area contributed by atoms with Gasteiger partial charge in [0.1, 0.15) is 5.82 Å². The zero-order chi connectivity index (χ0) is 23.4. The summed E-state index contributed by atoms with van der Waals surface area (Å²) >= 11 is 0. The number of ketones is 1. The van der Waals surface area contributed by atoms with Gasteiger partial charge in [0, 0.05) is 11.5 Å². The average molecular weight is 487 g/mol. The van der Waals surface area contributed by atoms with E-state index in [9.17, 15) is 14.4 Å². The van der Waals surface area contributed by atoms with Crippen LogP contribution in [0.1, 0.15) is 53.6 Å². The highest BCUT2D eigenvalue weighted by molar-refractivity contribution is 5.97. The molecule has 1 aliphatic heterocycles. The van der Waals surface area contributed by atoms with Crippen molar-refractivity contribution < 1.29 is 18.7 Å². The summed E-state index contributed by atoms with van der Waals surface area (Å²) in [6.07, 6.45) is 5.07. The molecule has 0 saturated carbocycles. The molecule has 0 spiro atoms. The number of rotatable bonds is 8. The first-order valence-electron chi connectivity index (χ1n) is 11.7. The largest absolute Gasteiger partial charge is 0.493 e. The number of likely N-dealkylation sites (tertiary alicyclic amines) is 1. The van der Waals surface area contributed by atoms with Crippen molar-refractivity contribution in [2.75, 3.05) is 33.9 Å². The summed E-state index contributed by atoms with van der Waals surface area (Å²) in [5, 5.41) is 10.1. The standard InChI is InChI=1S/C27H31FN2O3.ClH/c1-32-24-16-21-8-12-27(18-29,23(21)17-25(24)33-2)11-3-13-30-14-9-20(10-15-30)26(31)19-4-6-22(28)7-5-19;/h4-7,16-17,20H,3,8-15H2,1-2H3;1H. The van der Waals surface area contributed by atoms with Crippen LogP contribution in [0.15, 0.2) is 36.4 Å². The predicted molar refractivity (Wildman–Crippen MR) is 132 cm³/mol. The van der Waals surface area contributed by atoms with Crippen molar-refractivity contribution in [3.05, 3.63) is 58.9 Å². The van der Waals surface area contributed by atoms with E-state index in [1.165, 1.54) is 17.7 Å². The number of Topliss-reactive ketones (excluding diaryl/α,β-unsaturated/α-hetero) is 1. The van der Waals surface area contributed by atoms with Gasteiger partial charge >= 0.3 is 0 Å². The molecule has 5 nitrogen and oxygen atoms in total. The molecule has 1 fully saturated rings. The summed E-state index contributed by atoms with van der Waals surface area (Å²) in [4.78, 5) is 15.1. The van der Waals surface area contributed by atoms with E-state index in [0.29, 0.717) is 17.1 Å². The molecule has 0 aromatic heterocycles. The molecule has 0 amide bonds. The second kappa shape index (κ2) is 11.2. The lowest BCUT2D eigenvalue weighted by Crippen LogP contribution is -2.37. The number of fused-ring (bicyclic) bond motifs is 1. The number of piperidine rings is 1. The van der Waals surface area contributed by atoms with E-state index >= 15 is 0 Å². The van der Waals surface area contributed by atoms with Gasteiger partial charge in [-0.15, -0.1) is 12.4 Å². The van der Waals surface area contributed by atoms with Gasteiger partial charge in [-0.25, -0.2) is 4.39 Å². The molecule has 2 aromatic rings. The van der Waals surface area contributed by atoms with Gasteiger partial charge in [0.25, 0.3) is 0 Å². The van der Waals surface area contributed by atoms with Crippen LogP contribution >= 0.6 is 12.4 Å². The normalized spacial score (nSPS) is 20.2. The van der Waals surface area contributed by atoms with Crippen molar-refractivity contribution in [3.63, 3.8) is 0 Å². The van der Waals surface area contributed by atoms with E-state index in [0.717, 1.165) is 63.7 Å². The first kappa shape index (κ1) is 26.0. The van der Waals surface area contributed by atoms with E-state index in [4.69, 9.17) is 9.47 Å². The van der Waals surface area contributed by atoms with Crippen LogP contribution in [0.2, 0.25) is 0 Å². The van der Waals surface area contributed by atoms with Crippen LogP contribution in [0.25, 0.3) is 0 Å². The average Bonchev–Trinajstić information content (AvgIpc) is 3.21. The molecule has 34 heavy (non-hydrogen) atoms. The number of benzene rings is 2. The molecule has 1 unspecified atom stereocenters. The van der Waals surface area contributed by atoms with Crippen LogP contribution in [0.5, 0.6) is 11.5 Å². The molecule has 1 atom stereocenters. The number of carbonyl (C=O) groups is 1. The maximum Gasteiger partial charge on any atom is 0.166 e. The lowest BCUT2D eigenvalue weighted by Gasteiger charge is -2.32. The number of aryl methyl sites for hydroxylation is 1. The highest BCUT2D eigenvalue weighted by Crippen LogP contribution is 2.46. The number of nitriles is 1. The smallest absolute Gasteiger partial charge is 0.166 e. The van der Waals surface area contributed by atoms with Crippen molar-refractivity contribution >= 4 is 18.2 Å². The molecule has 7 heteroatoms. The molecule has 4 rings (SSSR count). The van der Waals surface area contributed by atoms with Gasteiger partial charge in [-0.2, -0.15) is 5.26 Å². The van der Waals surface area contributed by atoms with E-state index < -0.39 is 5.41 Å². The topological polar surface area (TPSA) is 62.6 Å². The molecule has 2 aliphatic rings. The Hall–Kier alpha value is -2.62. The number of carbonyl (C=O) groups excluding carboxylic acids is 1. The quantitative estimate of drug-likeness (QED) is 0.471. The fourth-order valence-corrected chi connectivity index (χ4v) is 5.36. The minimum atomic E-state index is -0.480. The number of hydrogen-bond donors (Lipinski definition) is 0. The summed E-state index contributed by atoms with van der Waals surface area (Å²) in [6, 6.07) is 12.5. The number of ether oxygens (including phenoxy) is 2. The highest BCUT2D eigenvalue weighted by Gasteiger charge is 2.40. The van der Waals surface area contributed by atoms with Crippen LogP contribution in [0, 0.1) is 23.1 Å². The molecule has 1 saturated heterocycles. The molecule has 0 bridgehead atoms. The molecule has 0 N–H and O–H groups in total. The molecular formula is C27H32ClFN2O3. The number of methoxy groups -OCH3 is 2. The Balaban J connectivity index is 0.00000324. The summed E-state index contributed by atoms with van der Waals surface area (Å²) in [5.41, 5.74) is 2.37. The zero-order valence-electron chi connectivity index (χ0n) is 19.8. The predicted octanol–water partition coefficient (Wildman–Crippen LogP) is 5.35. The molecule has 0 radical (unpaired) electrons. The second-order valence-corrected chi connectivity index (χ2v) is 9.15. The van der Waals surface area contributed by atoms with Crippen molar-refractivity contribution in [1.29, 1.82) is 5.26 Å². The van der Waals surface area contributed by atoms with Gasteiger partial charge in [-0.1, -0.05) is 0 Å². The van der Waals surface area contributed by atoms with Crippen LogP contribution in [-0.4, -0.2) is 44.5 Å². The SMILES string of the molecule is COc1cc2c(cc1OC)C(C#N)(CCCN1CCC(C(=O)c3ccc(F)cc3)CC1)CC2.Cl. The minimum Gasteiger partial charge on any atom is -0.493 e. The second-order valence-electron chi connectivity index (χ2n) is 9.15. The van der Waals surface area contributed by atoms with Gasteiger partial charge in [0.05, 0.1) is 25.7 Å². The van der Waals surface area contributed by atoms with Gasteiger partial charge in [0.2, 0.25) is 0 Å². The number of nitrogens with zero attached hydrogens (tertiary/aromatic N) is 2. The van der Waals surface area contributed by atoms with E-state index in [1.807, 2.05) is 12.1 Å². The maximum absolute atomic E-state index is 13.1. The Morgan fingerprint density at radius 1 is 1.15 bits per heavy atom. The number of hydrogen-bond acceptors (Lipinski definition) is 5. The lowest BCUT2D eigenvalue weighted by atomic mass is 9.79. The highest BCUT2D eigenvalue weighted by atomic mass is 35.5. The molecule has 182 valence electrons. The van der Waals surface area contributed by atoms with Gasteiger partial charge in [-0.3, -0.25) is 4.79 Å². The summed E-state index contributed by atoms with van der Waals surface area (Å²) in [6.45, 7) is 2.67. The zero-order valence-corrected chi connectivity index (χ0v) is 20.6. The number of halogens is 2. The van der Waals surface area contributed by atoms with Gasteiger partial charge in [0.15, 0.2) is 17.3 Å². The van der Waals surface area contributed by atoms with Gasteiger partial charge in [-0.05, 0) is 106 Å². The first-order valence-corrected chi connectivity index (χ1v) is 11.7. The van der Waals surface area contributed by atoms with Crippen LogP contribution in [0.4, 0.5) is 4.39 Å². The Labute approximate surface area is 207 Å². The Morgan fingerprint density at radius 3 is 2.41 bits per heavy atom. The fraction of sp³-hybridized carbons (Fsp3) is 0.481. The lowest BCUT2D eigenvalue weighted by molar-refractivity contribution is 0.0838. The first-order chi connectivity index (χ1) is 16.0. The summed E-state index contributed by atoms with van der Waals surface area (Å²) < 4.78 is 24.0. The van der Waals surface area contributed by atoms with Crippen LogP contribution < -0.4 is 9.47 Å². The Morgan fingerprint density at radius 2 is 1.79 bits per heavy atom. The fourth-order valence-electron chi connectivity index (χ4n) is 5.36. The summed E-state index contributed by atoms with van der Waals surface area (Å²) in [7, 11) is 3.25. The third kappa shape index (κ3) is 5.21. The minimum absolute atomic E-state index is 0. The monoisotopic (exact) mass is 486 g/mol. The summed E-state index contributed by atoms with van der Waals surface area (Å²) in [5.74, 6) is 1.18. The Bertz CT molecular complexity index is 1050. The third-order valence-electron chi connectivity index (χ3n) is 7.33. The maximum atomic E-state index is 13.1. The van der Waals surface area contributed by atoms with Crippen molar-refractivity contribution in [3.8, 4) is 17.6 Å². The van der Waals surface area contributed by atoms with Crippen molar-refractivity contribution in [2.45, 2.75) is 43.9 Å². The third-order valence-corrected chi connectivity index (χ3v) is 7.33. The van der Waals surface area contributed by atoms with Crippen molar-refractivity contribution in [1.82, 2.24) is 4.90 Å². The van der Waals surface area contributed by atoms with Crippen molar-refractivity contribution in [2.24, 2.45) is 5.92 Å². The molecule has 1 heterocycles. The van der Waals surface area contributed by atoms with E-state index in [1.54, 1.807) is 26.4 Å². The van der Waals surface area contributed by atoms with Crippen LogP contribution in [0.3, 0.4) is 0 Å². The Kier molecular flexibility index (Phi) is 8.57.